The number of nitrogens with zero attached hydrogens (tertiary/aromatic N) is 3. The Morgan fingerprint density at radius 3 is 3.00 bits per heavy atom. The van der Waals surface area contributed by atoms with Gasteiger partial charge in [0.15, 0.2) is 0 Å². The molecule has 5 nitrogen and oxygen atoms in total. The van der Waals surface area contributed by atoms with Gasteiger partial charge in [-0.1, -0.05) is 13.8 Å². The van der Waals surface area contributed by atoms with Gasteiger partial charge in [-0.3, -0.25) is 0 Å². The summed E-state index contributed by atoms with van der Waals surface area (Å²) in [6, 6.07) is 0.426. The molecule has 2 unspecified atom stereocenters. The number of hydrogen-bond donors (Lipinski definition) is 1. The second-order valence-corrected chi connectivity index (χ2v) is 5.83. The minimum absolute atomic E-state index is 0.426. The van der Waals surface area contributed by atoms with Crippen molar-refractivity contribution in [2.75, 3.05) is 20.3 Å². The zero-order valence-corrected chi connectivity index (χ0v) is 12.3. The first kappa shape index (κ1) is 14.5. The van der Waals surface area contributed by atoms with Crippen LogP contribution in [0.4, 0.5) is 0 Å². The molecule has 0 amide bonds. The van der Waals surface area contributed by atoms with Crippen molar-refractivity contribution in [1.82, 2.24) is 20.1 Å². The SMILES string of the molecule is CNC(Cc1ncnn1CC(C)C)C1CCCOC1. The number of aromatic nitrogens is 3. The molecule has 0 saturated carbocycles. The highest BCUT2D eigenvalue weighted by molar-refractivity contribution is 4.92. The van der Waals surface area contributed by atoms with E-state index in [0.29, 0.717) is 17.9 Å². The molecule has 1 aliphatic heterocycles. The Kier molecular flexibility index (Phi) is 5.34. The van der Waals surface area contributed by atoms with E-state index in [0.717, 1.165) is 32.0 Å². The lowest BCUT2D eigenvalue weighted by atomic mass is 9.91. The predicted molar refractivity (Wildman–Crippen MR) is 75.0 cm³/mol. The molecule has 2 heterocycles. The van der Waals surface area contributed by atoms with Crippen LogP contribution in [-0.4, -0.2) is 41.1 Å². The maximum absolute atomic E-state index is 5.60. The molecule has 1 aliphatic rings. The quantitative estimate of drug-likeness (QED) is 0.847. The van der Waals surface area contributed by atoms with E-state index in [9.17, 15) is 0 Å². The third kappa shape index (κ3) is 4.01. The van der Waals surface area contributed by atoms with Gasteiger partial charge in [0.1, 0.15) is 12.2 Å². The molecule has 0 spiro atoms. The topological polar surface area (TPSA) is 52.0 Å². The Hall–Kier alpha value is -0.940. The highest BCUT2D eigenvalue weighted by atomic mass is 16.5. The fourth-order valence-electron chi connectivity index (χ4n) is 2.73. The van der Waals surface area contributed by atoms with E-state index in [2.05, 4.69) is 29.2 Å². The highest BCUT2D eigenvalue weighted by Crippen LogP contribution is 2.19. The summed E-state index contributed by atoms with van der Waals surface area (Å²) in [6.07, 6.45) is 5.00. The van der Waals surface area contributed by atoms with Crippen LogP contribution >= 0.6 is 0 Å². The van der Waals surface area contributed by atoms with E-state index in [1.54, 1.807) is 6.33 Å². The summed E-state index contributed by atoms with van der Waals surface area (Å²) in [7, 11) is 2.03. The van der Waals surface area contributed by atoms with E-state index in [1.807, 2.05) is 11.7 Å². The van der Waals surface area contributed by atoms with Crippen molar-refractivity contribution in [3.63, 3.8) is 0 Å². The molecule has 1 aromatic rings. The van der Waals surface area contributed by atoms with Crippen molar-refractivity contribution in [2.24, 2.45) is 11.8 Å². The minimum Gasteiger partial charge on any atom is -0.381 e. The first-order valence-corrected chi connectivity index (χ1v) is 7.32. The number of hydrogen-bond acceptors (Lipinski definition) is 4. The van der Waals surface area contributed by atoms with Crippen molar-refractivity contribution < 1.29 is 4.74 Å². The second kappa shape index (κ2) is 7.01. The van der Waals surface area contributed by atoms with Crippen LogP contribution in [0.5, 0.6) is 0 Å². The van der Waals surface area contributed by atoms with Crippen molar-refractivity contribution in [2.45, 2.75) is 45.7 Å². The van der Waals surface area contributed by atoms with Gasteiger partial charge in [0.2, 0.25) is 0 Å². The van der Waals surface area contributed by atoms with Gasteiger partial charge in [-0.15, -0.1) is 0 Å². The Morgan fingerprint density at radius 1 is 1.53 bits per heavy atom. The van der Waals surface area contributed by atoms with Gasteiger partial charge in [0.25, 0.3) is 0 Å². The molecular weight excluding hydrogens is 240 g/mol. The van der Waals surface area contributed by atoms with Gasteiger partial charge in [-0.05, 0) is 31.7 Å². The Balaban J connectivity index is 1.99. The van der Waals surface area contributed by atoms with Crippen LogP contribution in [0, 0.1) is 11.8 Å². The lowest BCUT2D eigenvalue weighted by Gasteiger charge is -2.29. The van der Waals surface area contributed by atoms with Gasteiger partial charge in [-0.25, -0.2) is 9.67 Å². The molecular formula is C14H26N4O. The molecule has 1 fully saturated rings. The molecule has 1 aromatic heterocycles. The van der Waals surface area contributed by atoms with Gasteiger partial charge in [-0.2, -0.15) is 5.10 Å². The van der Waals surface area contributed by atoms with Crippen LogP contribution in [0.25, 0.3) is 0 Å². The largest absolute Gasteiger partial charge is 0.381 e. The van der Waals surface area contributed by atoms with Crippen molar-refractivity contribution in [1.29, 1.82) is 0 Å². The first-order chi connectivity index (χ1) is 9.20. The minimum atomic E-state index is 0.426. The molecule has 0 radical (unpaired) electrons. The van der Waals surface area contributed by atoms with Crippen molar-refractivity contribution in [3.8, 4) is 0 Å². The summed E-state index contributed by atoms with van der Waals surface area (Å²) in [5, 5.41) is 7.76. The lowest BCUT2D eigenvalue weighted by molar-refractivity contribution is 0.0400. The summed E-state index contributed by atoms with van der Waals surface area (Å²) in [6.45, 7) is 7.12. The van der Waals surface area contributed by atoms with Crippen molar-refractivity contribution in [3.05, 3.63) is 12.2 Å². The number of nitrogens with one attached hydrogen (secondary N) is 1. The van der Waals surface area contributed by atoms with Crippen LogP contribution in [0.15, 0.2) is 6.33 Å². The van der Waals surface area contributed by atoms with E-state index < -0.39 is 0 Å². The molecule has 0 aliphatic carbocycles. The monoisotopic (exact) mass is 266 g/mol. The summed E-state index contributed by atoms with van der Waals surface area (Å²) in [4.78, 5) is 4.42. The molecule has 2 atom stereocenters. The predicted octanol–water partition coefficient (Wildman–Crippen LogP) is 1.49. The average Bonchev–Trinajstić information content (AvgIpc) is 2.83. The summed E-state index contributed by atoms with van der Waals surface area (Å²) >= 11 is 0. The average molecular weight is 266 g/mol. The normalized spacial score (nSPS) is 21.8. The maximum atomic E-state index is 5.60. The van der Waals surface area contributed by atoms with Gasteiger partial charge in [0.05, 0.1) is 6.61 Å². The Morgan fingerprint density at radius 2 is 2.37 bits per heavy atom. The van der Waals surface area contributed by atoms with Gasteiger partial charge < -0.3 is 10.1 Å². The van der Waals surface area contributed by atoms with Crippen LogP contribution in [0.3, 0.4) is 0 Å². The van der Waals surface area contributed by atoms with E-state index >= 15 is 0 Å². The summed E-state index contributed by atoms with van der Waals surface area (Å²) in [5.74, 6) is 2.26. The molecule has 1 N–H and O–H groups in total. The smallest absolute Gasteiger partial charge is 0.138 e. The highest BCUT2D eigenvalue weighted by Gasteiger charge is 2.24. The lowest BCUT2D eigenvalue weighted by Crippen LogP contribution is -2.40. The van der Waals surface area contributed by atoms with Crippen LogP contribution in [-0.2, 0) is 17.7 Å². The van der Waals surface area contributed by atoms with E-state index in [1.165, 1.54) is 12.8 Å². The second-order valence-electron chi connectivity index (χ2n) is 5.83. The number of ether oxygens (including phenoxy) is 1. The van der Waals surface area contributed by atoms with E-state index in [4.69, 9.17) is 4.74 Å². The molecule has 5 heteroatoms. The summed E-state index contributed by atoms with van der Waals surface area (Å²) < 4.78 is 7.64. The van der Waals surface area contributed by atoms with Crippen LogP contribution in [0.1, 0.15) is 32.5 Å². The zero-order valence-electron chi connectivity index (χ0n) is 12.3. The van der Waals surface area contributed by atoms with Crippen LogP contribution < -0.4 is 5.32 Å². The molecule has 108 valence electrons. The van der Waals surface area contributed by atoms with E-state index in [-0.39, 0.29) is 0 Å². The first-order valence-electron chi connectivity index (χ1n) is 7.32. The maximum Gasteiger partial charge on any atom is 0.138 e. The number of likely N-dealkylation sites (N-methyl/N-ethyl adjacent to an activating group) is 1. The number of rotatable bonds is 6. The standard InChI is InChI=1S/C14H26N4O/c1-11(2)8-18-14(16-10-17-18)7-13(15-3)12-5-4-6-19-9-12/h10-13,15H,4-9H2,1-3H3. The van der Waals surface area contributed by atoms with Crippen LogP contribution in [0.2, 0.25) is 0 Å². The van der Waals surface area contributed by atoms with Gasteiger partial charge in [0, 0.05) is 25.6 Å². The molecule has 1 saturated heterocycles. The molecule has 0 bridgehead atoms. The Labute approximate surface area is 115 Å². The fraction of sp³-hybridized carbons (Fsp3) is 0.857. The third-order valence-electron chi connectivity index (χ3n) is 3.77. The van der Waals surface area contributed by atoms with Crippen molar-refractivity contribution >= 4 is 0 Å². The molecule has 2 rings (SSSR count). The zero-order chi connectivity index (χ0) is 13.7. The van der Waals surface area contributed by atoms with Gasteiger partial charge >= 0.3 is 0 Å². The summed E-state index contributed by atoms with van der Waals surface area (Å²) in [5.41, 5.74) is 0. The third-order valence-corrected chi connectivity index (χ3v) is 3.77. The molecule has 19 heavy (non-hydrogen) atoms. The fourth-order valence-corrected chi connectivity index (χ4v) is 2.73. The molecule has 0 aromatic carbocycles. The Bertz CT molecular complexity index is 371.